The maximum atomic E-state index is 12.3. The van der Waals surface area contributed by atoms with Crippen LogP contribution in [0.4, 0.5) is 5.82 Å². The molecule has 1 aromatic carbocycles. The first-order chi connectivity index (χ1) is 13.5. The molecule has 4 heterocycles. The smallest absolute Gasteiger partial charge is 0.266 e. The van der Waals surface area contributed by atoms with Gasteiger partial charge in [-0.3, -0.25) is 4.79 Å². The Hall–Kier alpha value is -3.55. The lowest BCUT2D eigenvalue weighted by atomic mass is 10.1. The number of anilines is 1. The first-order valence-electron chi connectivity index (χ1n) is 9.27. The van der Waals surface area contributed by atoms with Crippen molar-refractivity contribution in [3.05, 3.63) is 41.2 Å². The van der Waals surface area contributed by atoms with Crippen molar-refractivity contribution in [2.24, 2.45) is 5.73 Å². The SMILES string of the molecule is COc1ccc2c(c1C)[n+]1c(N)c(C(N)=O)c3cc(C4CC4)c4ncn2n4c31. The van der Waals surface area contributed by atoms with Gasteiger partial charge in [0.05, 0.1) is 12.5 Å². The van der Waals surface area contributed by atoms with Crippen molar-refractivity contribution < 1.29 is 13.9 Å². The van der Waals surface area contributed by atoms with Gasteiger partial charge in [-0.1, -0.05) is 0 Å². The molecule has 1 amide bonds. The molecule has 0 unspecified atom stereocenters. The topological polar surface area (TPSA) is 104 Å². The number of amides is 1. The zero-order valence-electron chi connectivity index (χ0n) is 15.6. The highest BCUT2D eigenvalue weighted by Crippen LogP contribution is 2.44. The molecule has 0 atom stereocenters. The number of ether oxygens (including phenoxy) is 1. The van der Waals surface area contributed by atoms with Crippen LogP contribution >= 0.6 is 0 Å². The van der Waals surface area contributed by atoms with Gasteiger partial charge < -0.3 is 16.2 Å². The molecule has 8 nitrogen and oxygen atoms in total. The van der Waals surface area contributed by atoms with Crippen molar-refractivity contribution in [1.29, 1.82) is 0 Å². The maximum Gasteiger partial charge on any atom is 0.266 e. The van der Waals surface area contributed by atoms with Crippen LogP contribution in [0.2, 0.25) is 0 Å². The molecular formula is C20H19N6O2+. The van der Waals surface area contributed by atoms with E-state index in [9.17, 15) is 4.79 Å². The van der Waals surface area contributed by atoms with Crippen LogP contribution < -0.4 is 20.6 Å². The Morgan fingerprint density at radius 3 is 2.82 bits per heavy atom. The molecule has 28 heavy (non-hydrogen) atoms. The van der Waals surface area contributed by atoms with E-state index in [2.05, 4.69) is 0 Å². The minimum Gasteiger partial charge on any atom is -0.496 e. The predicted molar refractivity (Wildman–Crippen MR) is 104 cm³/mol. The minimum absolute atomic E-state index is 0.342. The molecule has 1 aliphatic rings. The summed E-state index contributed by atoms with van der Waals surface area (Å²) < 4.78 is 11.5. The second kappa shape index (κ2) is 4.83. The van der Waals surface area contributed by atoms with Gasteiger partial charge in [0.1, 0.15) is 28.7 Å². The number of primary amides is 1. The zero-order valence-corrected chi connectivity index (χ0v) is 15.6. The molecular weight excluding hydrogens is 356 g/mol. The van der Waals surface area contributed by atoms with E-state index < -0.39 is 5.91 Å². The van der Waals surface area contributed by atoms with E-state index in [0.717, 1.165) is 57.4 Å². The van der Waals surface area contributed by atoms with E-state index in [1.165, 1.54) is 0 Å². The van der Waals surface area contributed by atoms with E-state index in [-0.39, 0.29) is 0 Å². The Morgan fingerprint density at radius 1 is 1.36 bits per heavy atom. The van der Waals surface area contributed by atoms with Crippen molar-refractivity contribution in [2.45, 2.75) is 25.7 Å². The van der Waals surface area contributed by atoms with Gasteiger partial charge in [0, 0.05) is 11.1 Å². The van der Waals surface area contributed by atoms with Crippen LogP contribution in [-0.2, 0) is 0 Å². The molecule has 0 bridgehead atoms. The number of nitrogen functional groups attached to an aromatic ring is 1. The molecule has 8 heteroatoms. The summed E-state index contributed by atoms with van der Waals surface area (Å²) in [6.45, 7) is 1.98. The number of methoxy groups -OCH3 is 1. The van der Waals surface area contributed by atoms with E-state index in [1.54, 1.807) is 7.11 Å². The summed E-state index contributed by atoms with van der Waals surface area (Å²) in [5.41, 5.74) is 18.2. The number of nitrogens with zero attached hydrogens (tertiary/aromatic N) is 4. The summed E-state index contributed by atoms with van der Waals surface area (Å²) in [5, 5.41) is 0.763. The fourth-order valence-corrected chi connectivity index (χ4v) is 4.58. The molecule has 0 saturated heterocycles. The number of benzene rings is 1. The van der Waals surface area contributed by atoms with Crippen LogP contribution in [0.3, 0.4) is 0 Å². The Morgan fingerprint density at radius 2 is 2.14 bits per heavy atom. The van der Waals surface area contributed by atoms with Crippen LogP contribution in [-0.4, -0.2) is 27.0 Å². The quantitative estimate of drug-likeness (QED) is 0.370. The largest absolute Gasteiger partial charge is 0.496 e. The summed E-state index contributed by atoms with van der Waals surface area (Å²) in [7, 11) is 1.64. The summed E-state index contributed by atoms with van der Waals surface area (Å²) >= 11 is 0. The minimum atomic E-state index is -0.530. The Bertz CT molecular complexity index is 1460. The van der Waals surface area contributed by atoms with Crippen molar-refractivity contribution >= 4 is 39.4 Å². The molecule has 1 aliphatic carbocycles. The lowest BCUT2D eigenvalue weighted by Gasteiger charge is -2.11. The maximum absolute atomic E-state index is 12.3. The standard InChI is InChI=1S/C20H18N6O2/c1-9-14(28-2)6-5-13-16(9)25-17(21)15(18(22)27)12-7-11(10-3-4-10)19-23-8-24(13)26(19)20(12)25/h5-8,10H,3-4H2,1-2H3,(H3-,21,22,27)/p+1. The average molecular weight is 375 g/mol. The Labute approximate surface area is 159 Å². The molecule has 4 N–H and O–H groups in total. The third kappa shape index (κ3) is 1.64. The van der Waals surface area contributed by atoms with Gasteiger partial charge in [0.2, 0.25) is 11.5 Å². The van der Waals surface area contributed by atoms with Crippen molar-refractivity contribution in [3.63, 3.8) is 0 Å². The van der Waals surface area contributed by atoms with Crippen molar-refractivity contribution in [1.82, 2.24) is 14.0 Å². The summed E-state index contributed by atoms with van der Waals surface area (Å²) in [4.78, 5) is 17.1. The van der Waals surface area contributed by atoms with Gasteiger partial charge >= 0.3 is 0 Å². The number of aryl methyl sites for hydroxylation is 1. The lowest BCUT2D eigenvalue weighted by molar-refractivity contribution is -0.465. The highest BCUT2D eigenvalue weighted by atomic mass is 16.5. The number of hydrogen-bond donors (Lipinski definition) is 2. The normalized spacial score (nSPS) is 14.8. The lowest BCUT2D eigenvalue weighted by Crippen LogP contribution is -2.30. The highest BCUT2D eigenvalue weighted by molar-refractivity contribution is 6.09. The van der Waals surface area contributed by atoms with Gasteiger partial charge in [0.15, 0.2) is 0 Å². The predicted octanol–water partition coefficient (Wildman–Crippen LogP) is 1.79. The number of fused-ring (bicyclic) bond motifs is 3. The average Bonchev–Trinajstić information content (AvgIpc) is 3.35. The molecule has 5 aromatic rings. The number of hydrogen-bond acceptors (Lipinski definition) is 4. The first kappa shape index (κ1) is 15.5. The highest BCUT2D eigenvalue weighted by Gasteiger charge is 2.35. The van der Waals surface area contributed by atoms with Gasteiger partial charge in [0.25, 0.3) is 11.6 Å². The first-order valence-corrected chi connectivity index (χ1v) is 9.27. The number of carbonyl (C=O) groups is 1. The van der Waals surface area contributed by atoms with E-state index >= 15 is 0 Å². The summed E-state index contributed by atoms with van der Waals surface area (Å²) in [5.74, 6) is 1.02. The van der Waals surface area contributed by atoms with E-state index in [1.807, 2.05) is 44.9 Å². The number of aromatic nitrogens is 4. The Kier molecular flexibility index (Phi) is 2.68. The third-order valence-electron chi connectivity index (χ3n) is 6.00. The second-order valence-corrected chi connectivity index (χ2v) is 7.56. The molecule has 0 radical (unpaired) electrons. The molecule has 1 saturated carbocycles. The fourth-order valence-electron chi connectivity index (χ4n) is 4.58. The summed E-state index contributed by atoms with van der Waals surface area (Å²) in [6.07, 6.45) is 4.08. The van der Waals surface area contributed by atoms with Crippen molar-refractivity contribution in [3.8, 4) is 5.75 Å². The molecule has 140 valence electrons. The van der Waals surface area contributed by atoms with Gasteiger partial charge in [-0.25, -0.2) is 4.98 Å². The molecule has 0 aliphatic heterocycles. The molecule has 0 spiro atoms. The van der Waals surface area contributed by atoms with Crippen LogP contribution in [0.15, 0.2) is 24.5 Å². The number of nitrogens with two attached hydrogens (primary N) is 2. The van der Waals surface area contributed by atoms with Crippen molar-refractivity contribution in [2.75, 3.05) is 12.8 Å². The van der Waals surface area contributed by atoms with Crippen LogP contribution in [0, 0.1) is 6.92 Å². The van der Waals surface area contributed by atoms with E-state index in [0.29, 0.717) is 17.3 Å². The number of carbonyl (C=O) groups excluding carboxylic acids is 1. The number of pyridine rings is 1. The van der Waals surface area contributed by atoms with Crippen LogP contribution in [0.25, 0.3) is 27.7 Å². The monoisotopic (exact) mass is 375 g/mol. The molecule has 1 fully saturated rings. The second-order valence-electron chi connectivity index (χ2n) is 7.56. The third-order valence-corrected chi connectivity index (χ3v) is 6.00. The van der Waals surface area contributed by atoms with Gasteiger partial charge in [-0.05, 0) is 43.9 Å². The zero-order chi connectivity index (χ0) is 19.3. The molecule has 6 rings (SSSR count). The van der Waals surface area contributed by atoms with Crippen LogP contribution in [0.5, 0.6) is 5.75 Å². The summed E-state index contributed by atoms with van der Waals surface area (Å²) in [6, 6.07) is 5.96. The fraction of sp³-hybridized carbons (Fsp3) is 0.250. The van der Waals surface area contributed by atoms with E-state index in [4.69, 9.17) is 21.2 Å². The number of rotatable bonds is 3. The Balaban J connectivity index is 1.99. The van der Waals surface area contributed by atoms with Gasteiger partial charge in [-0.2, -0.15) is 8.92 Å². The van der Waals surface area contributed by atoms with Gasteiger partial charge in [-0.15, -0.1) is 4.52 Å². The molecule has 4 aromatic heterocycles. The van der Waals surface area contributed by atoms with Crippen LogP contribution in [0.1, 0.15) is 40.2 Å².